The molecule has 0 saturated heterocycles. The molecule has 0 aliphatic carbocycles. The van der Waals surface area contributed by atoms with Crippen molar-refractivity contribution in [1.82, 2.24) is 0 Å². The van der Waals surface area contributed by atoms with E-state index in [2.05, 4.69) is 11.8 Å². The Kier molecular flexibility index (Phi) is 4.07. The summed E-state index contributed by atoms with van der Waals surface area (Å²) < 4.78 is 13.4. The van der Waals surface area contributed by atoms with E-state index in [1.54, 1.807) is 0 Å². The van der Waals surface area contributed by atoms with Gasteiger partial charge < -0.3 is 10.8 Å². The topological polar surface area (TPSA) is 80.4 Å². The van der Waals surface area contributed by atoms with Gasteiger partial charge in [0.15, 0.2) is 0 Å². The van der Waals surface area contributed by atoms with Gasteiger partial charge in [-0.3, -0.25) is 4.79 Å². The van der Waals surface area contributed by atoms with E-state index in [0.717, 1.165) is 12.1 Å². The second-order valence-electron chi connectivity index (χ2n) is 3.06. The van der Waals surface area contributed by atoms with Crippen LogP contribution in [-0.2, 0) is 4.79 Å². The van der Waals surface area contributed by atoms with Crippen molar-refractivity contribution in [2.24, 2.45) is 5.73 Å². The van der Waals surface area contributed by atoms with Gasteiger partial charge in [-0.2, -0.15) is 0 Å². The summed E-state index contributed by atoms with van der Waals surface area (Å²) in [5, 5.41) is 8.56. The Bertz CT molecular complexity index is 546. The van der Waals surface area contributed by atoms with Crippen LogP contribution in [0.4, 0.5) is 4.39 Å². The molecule has 1 aromatic rings. The number of carbonyl (C=O) groups excluding carboxylic acids is 1. The number of primary amides is 1. The van der Waals surface area contributed by atoms with Crippen molar-refractivity contribution in [2.75, 3.05) is 0 Å². The Morgan fingerprint density at radius 3 is 2.65 bits per heavy atom. The number of carboxylic acid groups (broad SMARTS) is 1. The van der Waals surface area contributed by atoms with Gasteiger partial charge in [-0.15, -0.1) is 0 Å². The van der Waals surface area contributed by atoms with Crippen LogP contribution in [0.3, 0.4) is 0 Å². The number of aromatic carboxylic acids is 1. The minimum Gasteiger partial charge on any atom is -0.478 e. The van der Waals surface area contributed by atoms with Crippen LogP contribution < -0.4 is 5.73 Å². The van der Waals surface area contributed by atoms with Crippen LogP contribution in [0.25, 0.3) is 0 Å². The second kappa shape index (κ2) is 5.32. The van der Waals surface area contributed by atoms with E-state index in [4.69, 9.17) is 22.4 Å². The fourth-order valence-corrected chi connectivity index (χ4v) is 1.28. The third-order valence-corrected chi connectivity index (χ3v) is 2.09. The van der Waals surface area contributed by atoms with Gasteiger partial charge in [0.05, 0.1) is 22.6 Å². The minimum absolute atomic E-state index is 0.0822. The number of hydrogen-bond acceptors (Lipinski definition) is 2. The van der Waals surface area contributed by atoms with Crippen LogP contribution in [0, 0.1) is 17.7 Å². The Hall–Kier alpha value is -2.06. The van der Waals surface area contributed by atoms with Crippen molar-refractivity contribution >= 4 is 23.5 Å². The summed E-state index contributed by atoms with van der Waals surface area (Å²) in [6.45, 7) is 0. The molecule has 0 aliphatic heterocycles. The summed E-state index contributed by atoms with van der Waals surface area (Å²) in [7, 11) is 0. The van der Waals surface area contributed by atoms with E-state index in [0.29, 0.717) is 0 Å². The van der Waals surface area contributed by atoms with Crippen LogP contribution in [0.1, 0.15) is 22.3 Å². The molecule has 0 saturated carbocycles. The number of benzene rings is 1. The Morgan fingerprint density at radius 1 is 1.47 bits per heavy atom. The maximum absolute atomic E-state index is 13.4. The number of rotatable bonds is 2. The molecule has 0 spiro atoms. The van der Waals surface area contributed by atoms with Gasteiger partial charge in [-0.1, -0.05) is 23.4 Å². The van der Waals surface area contributed by atoms with Crippen LogP contribution in [0.5, 0.6) is 0 Å². The van der Waals surface area contributed by atoms with E-state index in [-0.39, 0.29) is 22.6 Å². The van der Waals surface area contributed by atoms with Gasteiger partial charge >= 0.3 is 5.97 Å². The van der Waals surface area contributed by atoms with Gasteiger partial charge in [0.1, 0.15) is 5.82 Å². The predicted molar refractivity (Wildman–Crippen MR) is 59.1 cm³/mol. The molecule has 0 atom stereocenters. The molecule has 0 bridgehead atoms. The molecule has 0 heterocycles. The van der Waals surface area contributed by atoms with Gasteiger partial charge in [-0.25, -0.2) is 9.18 Å². The van der Waals surface area contributed by atoms with Crippen LogP contribution in [0.15, 0.2) is 12.1 Å². The SMILES string of the molecule is NC(=O)CC#Cc1cc(Cl)c(C(=O)O)cc1F. The third-order valence-electron chi connectivity index (χ3n) is 1.77. The molecule has 17 heavy (non-hydrogen) atoms. The maximum Gasteiger partial charge on any atom is 0.337 e. The fourth-order valence-electron chi connectivity index (χ4n) is 1.03. The largest absolute Gasteiger partial charge is 0.478 e. The molecular weight excluding hydrogens is 249 g/mol. The first kappa shape index (κ1) is 13.0. The maximum atomic E-state index is 13.4. The van der Waals surface area contributed by atoms with Crippen molar-refractivity contribution in [3.63, 3.8) is 0 Å². The Labute approximate surface area is 101 Å². The summed E-state index contributed by atoms with van der Waals surface area (Å²) in [4.78, 5) is 21.0. The summed E-state index contributed by atoms with van der Waals surface area (Å²) in [6.07, 6.45) is -0.211. The number of halogens is 2. The standard InChI is InChI=1S/C11H7ClFNO3/c12-8-4-6(2-1-3-10(14)15)9(13)5-7(8)11(16)17/h4-5H,3H2,(H2,14,15)(H,16,17). The van der Waals surface area contributed by atoms with Crippen molar-refractivity contribution < 1.29 is 19.1 Å². The number of amides is 1. The number of hydrogen-bond donors (Lipinski definition) is 2. The molecule has 0 aromatic heterocycles. The summed E-state index contributed by atoms with van der Waals surface area (Å²) >= 11 is 5.63. The van der Waals surface area contributed by atoms with Crippen molar-refractivity contribution in [3.05, 3.63) is 34.1 Å². The first-order valence-electron chi connectivity index (χ1n) is 4.41. The van der Waals surface area contributed by atoms with E-state index < -0.39 is 17.7 Å². The average Bonchev–Trinajstić information content (AvgIpc) is 2.21. The summed E-state index contributed by atoms with van der Waals surface area (Å²) in [5.41, 5.74) is 4.42. The predicted octanol–water partition coefficient (Wildman–Crippen LogP) is 1.40. The van der Waals surface area contributed by atoms with Crippen LogP contribution in [0.2, 0.25) is 5.02 Å². The molecule has 88 valence electrons. The molecule has 1 rings (SSSR count). The molecule has 1 amide bonds. The summed E-state index contributed by atoms with van der Waals surface area (Å²) in [6, 6.07) is 1.87. The normalized spacial score (nSPS) is 9.29. The molecule has 1 aromatic carbocycles. The Morgan fingerprint density at radius 2 is 2.12 bits per heavy atom. The lowest BCUT2D eigenvalue weighted by atomic mass is 10.1. The molecule has 3 N–H and O–H groups in total. The first-order chi connectivity index (χ1) is 7.91. The Balaban J connectivity index is 3.10. The highest BCUT2D eigenvalue weighted by Gasteiger charge is 2.12. The number of carbonyl (C=O) groups is 2. The smallest absolute Gasteiger partial charge is 0.337 e. The fraction of sp³-hybridized carbons (Fsp3) is 0.0909. The molecule has 4 nitrogen and oxygen atoms in total. The molecule has 0 fully saturated rings. The van der Waals surface area contributed by atoms with Crippen LogP contribution in [-0.4, -0.2) is 17.0 Å². The first-order valence-corrected chi connectivity index (χ1v) is 4.79. The third kappa shape index (κ3) is 3.47. The lowest BCUT2D eigenvalue weighted by Gasteiger charge is -2.00. The van der Waals surface area contributed by atoms with Gasteiger partial charge in [0.2, 0.25) is 5.91 Å². The molecule has 0 aliphatic rings. The van der Waals surface area contributed by atoms with Gasteiger partial charge in [-0.05, 0) is 12.1 Å². The zero-order valence-electron chi connectivity index (χ0n) is 8.46. The number of nitrogens with two attached hydrogens (primary N) is 1. The molecule has 6 heteroatoms. The van der Waals surface area contributed by atoms with E-state index >= 15 is 0 Å². The lowest BCUT2D eigenvalue weighted by Crippen LogP contribution is -2.08. The highest BCUT2D eigenvalue weighted by Crippen LogP contribution is 2.20. The van der Waals surface area contributed by atoms with E-state index in [9.17, 15) is 14.0 Å². The van der Waals surface area contributed by atoms with Crippen molar-refractivity contribution in [1.29, 1.82) is 0 Å². The summed E-state index contributed by atoms with van der Waals surface area (Å²) in [5.74, 6) is 1.92. The second-order valence-corrected chi connectivity index (χ2v) is 3.47. The molecular formula is C11H7ClFNO3. The minimum atomic E-state index is -1.33. The van der Waals surface area contributed by atoms with Crippen molar-refractivity contribution in [2.45, 2.75) is 6.42 Å². The zero-order valence-corrected chi connectivity index (χ0v) is 9.21. The van der Waals surface area contributed by atoms with E-state index in [1.807, 2.05) is 0 Å². The van der Waals surface area contributed by atoms with Crippen LogP contribution >= 0.6 is 11.6 Å². The number of carboxylic acids is 1. The van der Waals surface area contributed by atoms with E-state index in [1.165, 1.54) is 0 Å². The van der Waals surface area contributed by atoms with Gasteiger partial charge in [0.25, 0.3) is 0 Å². The molecule has 0 unspecified atom stereocenters. The lowest BCUT2D eigenvalue weighted by molar-refractivity contribution is -0.117. The van der Waals surface area contributed by atoms with Crippen molar-refractivity contribution in [3.8, 4) is 11.8 Å². The monoisotopic (exact) mass is 255 g/mol. The highest BCUT2D eigenvalue weighted by molar-refractivity contribution is 6.33. The molecule has 0 radical (unpaired) electrons. The van der Waals surface area contributed by atoms with Gasteiger partial charge in [0, 0.05) is 0 Å². The highest BCUT2D eigenvalue weighted by atomic mass is 35.5. The quantitative estimate of drug-likeness (QED) is 0.784. The zero-order chi connectivity index (χ0) is 13.0. The average molecular weight is 256 g/mol.